The summed E-state index contributed by atoms with van der Waals surface area (Å²) in [4.78, 5) is 31.1. The van der Waals surface area contributed by atoms with Gasteiger partial charge >= 0.3 is 0 Å². The maximum Gasteiger partial charge on any atom is 0.257 e. The van der Waals surface area contributed by atoms with Crippen molar-refractivity contribution >= 4 is 39.8 Å². The number of nitrogens with zero attached hydrogens (tertiary/aromatic N) is 2. The number of morpholine rings is 1. The highest BCUT2D eigenvalue weighted by atomic mass is 35.5. The summed E-state index contributed by atoms with van der Waals surface area (Å²) in [5.41, 5.74) is 3.51. The standard InChI is InChI=1S/C26H28ClN3O3S/c1-18-23(26(32)30-11-13-33-14-12-30)25(34-24(18)20-8-4-3-5-9-20)28-22(31)17-29(2)16-19-7-6-10-21(27)15-19/h3-10,15H,11-14,16-17H2,1-2H3,(H,28,31). The number of benzene rings is 2. The van der Waals surface area contributed by atoms with Gasteiger partial charge in [-0.1, -0.05) is 54.1 Å². The predicted octanol–water partition coefficient (Wildman–Crippen LogP) is 4.92. The molecule has 1 N–H and O–H groups in total. The summed E-state index contributed by atoms with van der Waals surface area (Å²) < 4.78 is 5.41. The average molecular weight is 498 g/mol. The molecule has 6 nitrogen and oxygen atoms in total. The molecule has 1 aromatic heterocycles. The van der Waals surface area contributed by atoms with Crippen LogP contribution < -0.4 is 5.32 Å². The molecule has 0 atom stereocenters. The number of rotatable bonds is 7. The first-order chi connectivity index (χ1) is 16.4. The molecule has 8 heteroatoms. The third-order valence-electron chi connectivity index (χ3n) is 5.70. The predicted molar refractivity (Wildman–Crippen MR) is 138 cm³/mol. The van der Waals surface area contributed by atoms with E-state index in [0.717, 1.165) is 21.6 Å². The molecule has 1 aliphatic heterocycles. The molecule has 178 valence electrons. The Labute approximate surface area is 209 Å². The van der Waals surface area contributed by atoms with Crippen LogP contribution in [0.15, 0.2) is 54.6 Å². The molecule has 0 bridgehead atoms. The topological polar surface area (TPSA) is 61.9 Å². The molecule has 3 aromatic rings. The van der Waals surface area contributed by atoms with Gasteiger partial charge in [0.15, 0.2) is 0 Å². The second-order valence-electron chi connectivity index (χ2n) is 8.38. The monoisotopic (exact) mass is 497 g/mol. The Morgan fingerprint density at radius 1 is 1.12 bits per heavy atom. The van der Waals surface area contributed by atoms with E-state index in [4.69, 9.17) is 16.3 Å². The first-order valence-corrected chi connectivity index (χ1v) is 12.4. The Morgan fingerprint density at radius 3 is 2.56 bits per heavy atom. The molecule has 0 aliphatic carbocycles. The molecule has 4 rings (SSSR count). The Balaban J connectivity index is 1.55. The summed E-state index contributed by atoms with van der Waals surface area (Å²) in [7, 11) is 1.88. The van der Waals surface area contributed by atoms with Gasteiger partial charge in [0.05, 0.1) is 25.3 Å². The first kappa shape index (κ1) is 24.4. The van der Waals surface area contributed by atoms with Gasteiger partial charge in [-0.15, -0.1) is 11.3 Å². The van der Waals surface area contributed by atoms with Gasteiger partial charge in [-0.05, 0) is 42.8 Å². The molecular weight excluding hydrogens is 470 g/mol. The van der Waals surface area contributed by atoms with Crippen LogP contribution in [-0.2, 0) is 16.1 Å². The van der Waals surface area contributed by atoms with Crippen LogP contribution in [0.5, 0.6) is 0 Å². The molecule has 0 saturated carbocycles. The third-order valence-corrected chi connectivity index (χ3v) is 7.19. The molecule has 0 spiro atoms. The second-order valence-corrected chi connectivity index (χ2v) is 9.84. The summed E-state index contributed by atoms with van der Waals surface area (Å²) >= 11 is 7.53. The smallest absolute Gasteiger partial charge is 0.257 e. The number of nitrogens with one attached hydrogen (secondary N) is 1. The lowest BCUT2D eigenvalue weighted by Gasteiger charge is -2.27. The number of halogens is 1. The number of carbonyl (C=O) groups excluding carboxylic acids is 2. The molecule has 1 saturated heterocycles. The number of hydrogen-bond acceptors (Lipinski definition) is 5. The highest BCUT2D eigenvalue weighted by Gasteiger charge is 2.28. The van der Waals surface area contributed by atoms with E-state index in [1.807, 2.05) is 73.5 Å². The van der Waals surface area contributed by atoms with E-state index in [1.165, 1.54) is 11.3 Å². The van der Waals surface area contributed by atoms with E-state index < -0.39 is 0 Å². The van der Waals surface area contributed by atoms with E-state index in [0.29, 0.717) is 48.4 Å². The number of amides is 2. The van der Waals surface area contributed by atoms with E-state index >= 15 is 0 Å². The third kappa shape index (κ3) is 5.85. The van der Waals surface area contributed by atoms with E-state index in [9.17, 15) is 9.59 Å². The summed E-state index contributed by atoms with van der Waals surface area (Å²) in [5.74, 6) is -0.233. The number of carbonyl (C=O) groups is 2. The van der Waals surface area contributed by atoms with Crippen LogP contribution in [0.25, 0.3) is 10.4 Å². The normalized spacial score (nSPS) is 13.8. The molecule has 0 unspecified atom stereocenters. The Morgan fingerprint density at radius 2 is 1.85 bits per heavy atom. The quantitative estimate of drug-likeness (QED) is 0.503. The molecule has 1 fully saturated rings. The zero-order valence-electron chi connectivity index (χ0n) is 19.3. The Hall–Kier alpha value is -2.71. The lowest BCUT2D eigenvalue weighted by Crippen LogP contribution is -2.41. The zero-order chi connectivity index (χ0) is 24.1. The van der Waals surface area contributed by atoms with Gasteiger partial charge in [-0.25, -0.2) is 0 Å². The highest BCUT2D eigenvalue weighted by molar-refractivity contribution is 7.20. The lowest BCUT2D eigenvalue weighted by atomic mass is 10.1. The van der Waals surface area contributed by atoms with Gasteiger partial charge in [0.2, 0.25) is 5.91 Å². The van der Waals surface area contributed by atoms with Gasteiger partial charge in [0.1, 0.15) is 5.00 Å². The molecule has 2 heterocycles. The van der Waals surface area contributed by atoms with Crippen molar-refractivity contribution in [2.45, 2.75) is 13.5 Å². The van der Waals surface area contributed by atoms with Crippen molar-refractivity contribution in [1.29, 1.82) is 0 Å². The molecule has 2 aromatic carbocycles. The molecule has 1 aliphatic rings. The summed E-state index contributed by atoms with van der Waals surface area (Å²) in [6.45, 7) is 4.87. The number of hydrogen-bond donors (Lipinski definition) is 1. The van der Waals surface area contributed by atoms with Crippen molar-refractivity contribution in [2.24, 2.45) is 0 Å². The number of ether oxygens (including phenoxy) is 1. The van der Waals surface area contributed by atoms with Gasteiger partial charge < -0.3 is 15.0 Å². The molecule has 34 heavy (non-hydrogen) atoms. The average Bonchev–Trinajstić information content (AvgIpc) is 3.15. The van der Waals surface area contributed by atoms with Crippen molar-refractivity contribution in [1.82, 2.24) is 9.80 Å². The van der Waals surface area contributed by atoms with Gasteiger partial charge in [-0.2, -0.15) is 0 Å². The SMILES string of the molecule is Cc1c(-c2ccccc2)sc(NC(=O)CN(C)Cc2cccc(Cl)c2)c1C(=O)N1CCOCC1. The van der Waals surface area contributed by atoms with Crippen LogP contribution in [0.3, 0.4) is 0 Å². The maximum absolute atomic E-state index is 13.5. The van der Waals surface area contributed by atoms with Crippen LogP contribution in [0.4, 0.5) is 5.00 Å². The minimum Gasteiger partial charge on any atom is -0.378 e. The van der Waals surface area contributed by atoms with Crippen LogP contribution in [-0.4, -0.2) is 61.5 Å². The fraction of sp³-hybridized carbons (Fsp3) is 0.308. The van der Waals surface area contributed by atoms with E-state index in [2.05, 4.69) is 5.32 Å². The van der Waals surface area contributed by atoms with Gasteiger partial charge in [0, 0.05) is 29.5 Å². The van der Waals surface area contributed by atoms with Crippen molar-refractivity contribution in [3.05, 3.63) is 76.3 Å². The summed E-state index contributed by atoms with van der Waals surface area (Å²) in [6.07, 6.45) is 0. The largest absolute Gasteiger partial charge is 0.378 e. The van der Waals surface area contributed by atoms with Crippen molar-refractivity contribution in [3.63, 3.8) is 0 Å². The van der Waals surface area contributed by atoms with Crippen LogP contribution >= 0.6 is 22.9 Å². The van der Waals surface area contributed by atoms with Crippen LogP contribution in [0.1, 0.15) is 21.5 Å². The minimum absolute atomic E-state index is 0.0678. The first-order valence-electron chi connectivity index (χ1n) is 11.2. The second kappa shape index (κ2) is 11.1. The minimum atomic E-state index is -0.165. The Kier molecular flexibility index (Phi) is 8.00. The van der Waals surface area contributed by atoms with Crippen molar-refractivity contribution in [3.8, 4) is 10.4 Å². The fourth-order valence-corrected chi connectivity index (χ4v) is 5.50. The summed E-state index contributed by atoms with van der Waals surface area (Å²) in [5, 5.41) is 4.28. The van der Waals surface area contributed by atoms with Gasteiger partial charge in [0.25, 0.3) is 5.91 Å². The molecule has 2 amide bonds. The van der Waals surface area contributed by atoms with E-state index in [1.54, 1.807) is 4.90 Å². The van der Waals surface area contributed by atoms with Crippen molar-refractivity contribution < 1.29 is 14.3 Å². The highest BCUT2D eigenvalue weighted by Crippen LogP contribution is 2.40. The number of likely N-dealkylation sites (N-methyl/N-ethyl adjacent to an activating group) is 1. The lowest BCUT2D eigenvalue weighted by molar-refractivity contribution is -0.117. The zero-order valence-corrected chi connectivity index (χ0v) is 20.9. The number of thiophene rings is 1. The van der Waals surface area contributed by atoms with E-state index in [-0.39, 0.29) is 18.4 Å². The number of anilines is 1. The van der Waals surface area contributed by atoms with Crippen molar-refractivity contribution in [2.75, 3.05) is 45.2 Å². The molecule has 0 radical (unpaired) electrons. The maximum atomic E-state index is 13.5. The Bertz CT molecular complexity index is 1160. The van der Waals surface area contributed by atoms with Crippen LogP contribution in [0.2, 0.25) is 5.02 Å². The summed E-state index contributed by atoms with van der Waals surface area (Å²) in [6, 6.07) is 17.5. The van der Waals surface area contributed by atoms with Crippen LogP contribution in [0, 0.1) is 6.92 Å². The molecular formula is C26H28ClN3O3S. The fourth-order valence-electron chi connectivity index (χ4n) is 4.06. The van der Waals surface area contributed by atoms with Gasteiger partial charge in [-0.3, -0.25) is 14.5 Å².